The molecule has 0 radical (unpaired) electrons. The summed E-state index contributed by atoms with van der Waals surface area (Å²) >= 11 is 0. The van der Waals surface area contributed by atoms with Crippen molar-refractivity contribution in [2.24, 2.45) is 0 Å². The number of halogens is 1. The average Bonchev–Trinajstić information content (AvgIpc) is 2.86. The van der Waals surface area contributed by atoms with Gasteiger partial charge in [-0.2, -0.15) is 0 Å². The maximum Gasteiger partial charge on any atom is 0.126 e. The molecule has 0 spiro atoms. The lowest BCUT2D eigenvalue weighted by atomic mass is 9.80. The highest BCUT2D eigenvalue weighted by atomic mass is 19.1. The molecule has 2 aromatic carbocycles. The van der Waals surface area contributed by atoms with Gasteiger partial charge in [-0.05, 0) is 55.9 Å². The number of aryl methyl sites for hydroxylation is 1. The van der Waals surface area contributed by atoms with E-state index in [1.54, 1.807) is 19.2 Å². The van der Waals surface area contributed by atoms with Crippen LogP contribution in [0.2, 0.25) is 0 Å². The lowest BCUT2D eigenvalue weighted by Crippen LogP contribution is -2.49. The number of para-hydroxylation sites is 1. The number of fused-ring (bicyclic) bond motifs is 2. The SMILES string of the molecule is COc1c(C)cccc1CN1[C@@H]2CC[C@@H]1CC(O)(c1ccc(F)cc1)C2. The van der Waals surface area contributed by atoms with Crippen LogP contribution in [0.4, 0.5) is 4.39 Å². The molecule has 2 heterocycles. The number of hydrogen-bond acceptors (Lipinski definition) is 3. The topological polar surface area (TPSA) is 32.7 Å². The normalized spacial score (nSPS) is 28.3. The van der Waals surface area contributed by atoms with E-state index in [1.165, 1.54) is 17.7 Å². The predicted octanol–water partition coefficient (Wildman–Crippen LogP) is 4.16. The van der Waals surface area contributed by atoms with Crippen molar-refractivity contribution >= 4 is 0 Å². The third-order valence-corrected chi connectivity index (χ3v) is 6.15. The van der Waals surface area contributed by atoms with Crippen molar-refractivity contribution in [2.75, 3.05) is 7.11 Å². The molecule has 2 bridgehead atoms. The fourth-order valence-corrected chi connectivity index (χ4v) is 4.90. The highest BCUT2D eigenvalue weighted by molar-refractivity contribution is 5.41. The zero-order valence-corrected chi connectivity index (χ0v) is 15.4. The Morgan fingerprint density at radius 3 is 2.38 bits per heavy atom. The summed E-state index contributed by atoms with van der Waals surface area (Å²) in [7, 11) is 1.73. The zero-order chi connectivity index (χ0) is 18.3. The van der Waals surface area contributed by atoms with Crippen LogP contribution in [0.5, 0.6) is 5.75 Å². The first kappa shape index (κ1) is 17.5. The molecule has 2 aliphatic heterocycles. The van der Waals surface area contributed by atoms with Crippen molar-refractivity contribution in [3.05, 3.63) is 65.0 Å². The molecule has 1 N–H and O–H groups in total. The van der Waals surface area contributed by atoms with Gasteiger partial charge in [-0.25, -0.2) is 4.39 Å². The molecule has 0 unspecified atom stereocenters. The minimum atomic E-state index is -0.854. The third-order valence-electron chi connectivity index (χ3n) is 6.15. The number of benzene rings is 2. The first-order valence-corrected chi connectivity index (χ1v) is 9.37. The summed E-state index contributed by atoms with van der Waals surface area (Å²) in [4.78, 5) is 2.52. The average molecular weight is 355 g/mol. The molecule has 4 heteroatoms. The molecule has 2 aromatic rings. The Kier molecular flexibility index (Phi) is 4.49. The van der Waals surface area contributed by atoms with E-state index in [0.29, 0.717) is 24.9 Å². The Bertz CT molecular complexity index is 775. The third kappa shape index (κ3) is 3.01. The molecule has 138 valence electrons. The van der Waals surface area contributed by atoms with Crippen LogP contribution >= 0.6 is 0 Å². The van der Waals surface area contributed by atoms with Gasteiger partial charge in [-0.1, -0.05) is 30.3 Å². The maximum atomic E-state index is 13.3. The summed E-state index contributed by atoms with van der Waals surface area (Å²) in [5.74, 6) is 0.704. The molecule has 0 saturated carbocycles. The van der Waals surface area contributed by atoms with Crippen LogP contribution in [0, 0.1) is 12.7 Å². The zero-order valence-electron chi connectivity index (χ0n) is 15.4. The van der Waals surface area contributed by atoms with Crippen molar-refractivity contribution in [2.45, 2.75) is 56.8 Å². The highest BCUT2D eigenvalue weighted by Crippen LogP contribution is 2.46. The Morgan fingerprint density at radius 2 is 1.77 bits per heavy atom. The van der Waals surface area contributed by atoms with Gasteiger partial charge in [-0.15, -0.1) is 0 Å². The molecule has 0 amide bonds. The Labute approximate surface area is 154 Å². The van der Waals surface area contributed by atoms with E-state index >= 15 is 0 Å². The van der Waals surface area contributed by atoms with E-state index in [1.807, 2.05) is 0 Å². The summed E-state index contributed by atoms with van der Waals surface area (Å²) in [6, 6.07) is 13.3. The number of hydrogen-bond donors (Lipinski definition) is 1. The summed E-state index contributed by atoms with van der Waals surface area (Å²) in [6.45, 7) is 2.92. The minimum absolute atomic E-state index is 0.260. The first-order chi connectivity index (χ1) is 12.5. The second-order valence-electron chi connectivity index (χ2n) is 7.77. The van der Waals surface area contributed by atoms with Gasteiger partial charge in [0.05, 0.1) is 12.7 Å². The van der Waals surface area contributed by atoms with E-state index in [4.69, 9.17) is 4.74 Å². The van der Waals surface area contributed by atoms with Crippen LogP contribution in [0.3, 0.4) is 0 Å². The summed E-state index contributed by atoms with van der Waals surface area (Å²) < 4.78 is 18.9. The van der Waals surface area contributed by atoms with Crippen LogP contribution in [-0.2, 0) is 12.1 Å². The number of rotatable bonds is 4. The molecule has 2 fully saturated rings. The van der Waals surface area contributed by atoms with Gasteiger partial charge in [0.25, 0.3) is 0 Å². The van der Waals surface area contributed by atoms with Crippen LogP contribution < -0.4 is 4.74 Å². The Hall–Kier alpha value is -1.91. The lowest BCUT2D eigenvalue weighted by Gasteiger charge is -2.44. The molecule has 0 aromatic heterocycles. The quantitative estimate of drug-likeness (QED) is 0.894. The minimum Gasteiger partial charge on any atom is -0.496 e. The molecule has 2 atom stereocenters. The van der Waals surface area contributed by atoms with Gasteiger partial charge in [0.1, 0.15) is 11.6 Å². The lowest BCUT2D eigenvalue weighted by molar-refractivity contribution is -0.0596. The maximum absolute atomic E-state index is 13.3. The van der Waals surface area contributed by atoms with E-state index in [-0.39, 0.29) is 5.82 Å². The number of nitrogens with zero attached hydrogens (tertiary/aromatic N) is 1. The van der Waals surface area contributed by atoms with Crippen LogP contribution in [0.25, 0.3) is 0 Å². The van der Waals surface area contributed by atoms with Crippen molar-refractivity contribution < 1.29 is 14.2 Å². The summed E-state index contributed by atoms with van der Waals surface area (Å²) in [6.07, 6.45) is 3.59. The van der Waals surface area contributed by atoms with E-state index < -0.39 is 5.60 Å². The summed E-state index contributed by atoms with van der Waals surface area (Å²) in [5, 5.41) is 11.3. The fraction of sp³-hybridized carbons (Fsp3) is 0.455. The second kappa shape index (κ2) is 6.67. The first-order valence-electron chi connectivity index (χ1n) is 9.37. The Balaban J connectivity index is 1.56. The van der Waals surface area contributed by atoms with Gasteiger partial charge in [-0.3, -0.25) is 4.90 Å². The number of piperidine rings is 1. The van der Waals surface area contributed by atoms with Gasteiger partial charge in [0, 0.05) is 24.2 Å². The van der Waals surface area contributed by atoms with Gasteiger partial charge < -0.3 is 9.84 Å². The predicted molar refractivity (Wildman–Crippen MR) is 99.6 cm³/mol. The van der Waals surface area contributed by atoms with Gasteiger partial charge in [0.2, 0.25) is 0 Å². The van der Waals surface area contributed by atoms with Crippen LogP contribution in [0.15, 0.2) is 42.5 Å². The largest absolute Gasteiger partial charge is 0.496 e. The molecule has 3 nitrogen and oxygen atoms in total. The van der Waals surface area contributed by atoms with Crippen molar-refractivity contribution in [1.29, 1.82) is 0 Å². The molecule has 26 heavy (non-hydrogen) atoms. The molecule has 2 saturated heterocycles. The molecule has 2 aliphatic rings. The number of aliphatic hydroxyl groups is 1. The van der Waals surface area contributed by atoms with Crippen LogP contribution in [0.1, 0.15) is 42.4 Å². The number of methoxy groups -OCH3 is 1. The van der Waals surface area contributed by atoms with Gasteiger partial charge >= 0.3 is 0 Å². The van der Waals surface area contributed by atoms with E-state index in [2.05, 4.69) is 30.0 Å². The summed E-state index contributed by atoms with van der Waals surface area (Å²) in [5.41, 5.74) is 2.34. The van der Waals surface area contributed by atoms with E-state index in [9.17, 15) is 9.50 Å². The highest BCUT2D eigenvalue weighted by Gasteiger charge is 2.48. The monoisotopic (exact) mass is 355 g/mol. The van der Waals surface area contributed by atoms with E-state index in [0.717, 1.165) is 36.3 Å². The molecular weight excluding hydrogens is 329 g/mol. The standard InChI is InChI=1S/C22H26FNO2/c1-15-4-3-5-16(21(15)26-2)14-24-19-10-11-20(24)13-22(25,12-19)17-6-8-18(23)9-7-17/h3-9,19-20,25H,10-14H2,1-2H3/t19-,20-/m1/s1. The molecular formula is C22H26FNO2. The molecule has 0 aliphatic carbocycles. The Morgan fingerprint density at radius 1 is 1.12 bits per heavy atom. The van der Waals surface area contributed by atoms with Crippen molar-refractivity contribution in [1.82, 2.24) is 4.90 Å². The van der Waals surface area contributed by atoms with Crippen molar-refractivity contribution in [3.8, 4) is 5.75 Å². The smallest absolute Gasteiger partial charge is 0.126 e. The van der Waals surface area contributed by atoms with Crippen molar-refractivity contribution in [3.63, 3.8) is 0 Å². The number of ether oxygens (including phenoxy) is 1. The molecule has 4 rings (SSSR count). The van der Waals surface area contributed by atoms with Crippen LogP contribution in [-0.4, -0.2) is 29.2 Å². The second-order valence-corrected chi connectivity index (χ2v) is 7.77. The van der Waals surface area contributed by atoms with Gasteiger partial charge in [0.15, 0.2) is 0 Å². The fourth-order valence-electron chi connectivity index (χ4n) is 4.90.